The molecule has 16 heavy (non-hydrogen) atoms. The molecule has 84 valence electrons. The highest BCUT2D eigenvalue weighted by atomic mass is 79.9. The molecule has 1 N–H and O–H groups in total. The molecule has 0 fully saturated rings. The van der Waals surface area contributed by atoms with Gasteiger partial charge in [0.2, 0.25) is 0 Å². The van der Waals surface area contributed by atoms with Gasteiger partial charge in [-0.05, 0) is 71.2 Å². The monoisotopic (exact) mass is 409 g/mol. The molecule has 2 aromatic rings. The Labute approximate surface area is 117 Å². The maximum absolute atomic E-state index is 9.13. The van der Waals surface area contributed by atoms with Gasteiger partial charge in [-0.3, -0.25) is 0 Å². The summed E-state index contributed by atoms with van der Waals surface area (Å²) in [6.07, 6.45) is 3.15. The zero-order valence-corrected chi connectivity index (χ0v) is 12.6. The Balaban J connectivity index is 0.000000181. The summed E-state index contributed by atoms with van der Waals surface area (Å²) in [5.74, 6) is 0.232. The Kier molecular flexibility index (Phi) is 5.86. The maximum atomic E-state index is 9.13. The van der Waals surface area contributed by atoms with Crippen molar-refractivity contribution in [1.29, 1.82) is 0 Å². The minimum absolute atomic E-state index is 0.232. The lowest BCUT2D eigenvalue weighted by atomic mass is 10.3. The van der Waals surface area contributed by atoms with Crippen LogP contribution in [0.5, 0.6) is 5.75 Å². The van der Waals surface area contributed by atoms with Gasteiger partial charge in [0, 0.05) is 8.95 Å². The number of benzene rings is 1. The second-order valence-electron chi connectivity index (χ2n) is 2.51. The van der Waals surface area contributed by atoms with Crippen molar-refractivity contribution in [2.24, 2.45) is 0 Å². The number of halogens is 3. The molecule has 0 atom stereocenters. The van der Waals surface area contributed by atoms with Crippen molar-refractivity contribution in [3.8, 4) is 5.75 Å². The Morgan fingerprint density at radius 3 is 1.94 bits per heavy atom. The summed E-state index contributed by atoms with van der Waals surface area (Å²) in [4.78, 5) is 0. The summed E-state index contributed by atoms with van der Waals surface area (Å²) in [5, 5.41) is 19.3. The highest BCUT2D eigenvalue weighted by Gasteiger charge is 2.04. The fraction of sp³-hybridized carbons (Fsp3) is 0. The largest absolute Gasteiger partial charge is 0.507 e. The first kappa shape index (κ1) is 13.5. The molecular formula is C9H6Br3N3O. The van der Waals surface area contributed by atoms with Crippen LogP contribution in [0.2, 0.25) is 0 Å². The molecule has 0 aliphatic carbocycles. The van der Waals surface area contributed by atoms with Gasteiger partial charge in [0.1, 0.15) is 5.75 Å². The lowest BCUT2D eigenvalue weighted by molar-refractivity contribution is 0.471. The highest BCUT2D eigenvalue weighted by Crippen LogP contribution is 2.36. The number of aromatic nitrogens is 3. The van der Waals surface area contributed by atoms with Crippen LogP contribution in [0.1, 0.15) is 0 Å². The van der Waals surface area contributed by atoms with Crippen molar-refractivity contribution in [3.63, 3.8) is 0 Å². The number of phenols is 1. The van der Waals surface area contributed by atoms with E-state index in [1.165, 1.54) is 0 Å². The van der Waals surface area contributed by atoms with Crippen LogP contribution in [-0.4, -0.2) is 20.5 Å². The van der Waals surface area contributed by atoms with Gasteiger partial charge in [-0.1, -0.05) is 0 Å². The van der Waals surface area contributed by atoms with E-state index in [0.29, 0.717) is 4.47 Å². The fourth-order valence-corrected chi connectivity index (χ4v) is 2.00. The summed E-state index contributed by atoms with van der Waals surface area (Å²) in [6.45, 7) is 0. The molecule has 1 aromatic carbocycles. The van der Waals surface area contributed by atoms with Crippen LogP contribution in [0.15, 0.2) is 44.0 Å². The summed E-state index contributed by atoms with van der Waals surface area (Å²) >= 11 is 9.77. The van der Waals surface area contributed by atoms with Gasteiger partial charge in [-0.25, -0.2) is 0 Å². The summed E-state index contributed by atoms with van der Waals surface area (Å²) in [7, 11) is 0. The number of nitrogens with zero attached hydrogens (tertiary/aromatic N) is 3. The van der Waals surface area contributed by atoms with E-state index in [1.54, 1.807) is 30.6 Å². The van der Waals surface area contributed by atoms with Crippen molar-refractivity contribution in [3.05, 3.63) is 44.0 Å². The molecule has 1 aromatic heterocycles. The fourth-order valence-electron chi connectivity index (χ4n) is 0.721. The third-order valence-corrected chi connectivity index (χ3v) is 4.77. The minimum atomic E-state index is 0.232. The van der Waals surface area contributed by atoms with Gasteiger partial charge < -0.3 is 5.11 Å². The SMILES string of the molecule is Oc1ccc(Br)c(Br)c1Br.c1cnnnc1. The molecule has 0 unspecified atom stereocenters. The van der Waals surface area contributed by atoms with E-state index >= 15 is 0 Å². The topological polar surface area (TPSA) is 58.9 Å². The first-order chi connectivity index (χ1) is 7.63. The molecule has 0 saturated heterocycles. The first-order valence-corrected chi connectivity index (χ1v) is 6.41. The lowest BCUT2D eigenvalue weighted by Crippen LogP contribution is -1.78. The first-order valence-electron chi connectivity index (χ1n) is 4.03. The molecule has 4 nitrogen and oxygen atoms in total. The Morgan fingerprint density at radius 2 is 1.56 bits per heavy atom. The van der Waals surface area contributed by atoms with Crippen molar-refractivity contribution in [2.75, 3.05) is 0 Å². The van der Waals surface area contributed by atoms with E-state index in [4.69, 9.17) is 5.11 Å². The molecule has 0 aliphatic rings. The van der Waals surface area contributed by atoms with Crippen molar-refractivity contribution in [1.82, 2.24) is 15.4 Å². The van der Waals surface area contributed by atoms with Gasteiger partial charge in [0.25, 0.3) is 0 Å². The van der Waals surface area contributed by atoms with Crippen LogP contribution in [0.3, 0.4) is 0 Å². The zero-order valence-electron chi connectivity index (χ0n) is 7.81. The number of rotatable bonds is 0. The van der Waals surface area contributed by atoms with Gasteiger partial charge in [-0.15, -0.1) is 10.2 Å². The Bertz CT molecular complexity index is 400. The quantitative estimate of drug-likeness (QED) is 0.673. The Hall–Kier alpha value is -0.530. The number of hydrogen-bond donors (Lipinski definition) is 1. The van der Waals surface area contributed by atoms with E-state index in [9.17, 15) is 0 Å². The zero-order chi connectivity index (χ0) is 12.0. The van der Waals surface area contributed by atoms with Gasteiger partial charge >= 0.3 is 0 Å². The van der Waals surface area contributed by atoms with Crippen molar-refractivity contribution >= 4 is 47.8 Å². The normalized spacial score (nSPS) is 9.19. The predicted molar refractivity (Wildman–Crippen MR) is 71.0 cm³/mol. The number of hydrogen-bond acceptors (Lipinski definition) is 4. The highest BCUT2D eigenvalue weighted by molar-refractivity contribution is 9.14. The molecule has 0 bridgehead atoms. The van der Waals surface area contributed by atoms with E-state index in [1.807, 2.05) is 0 Å². The molecule has 2 rings (SSSR count). The van der Waals surface area contributed by atoms with E-state index in [0.717, 1.165) is 8.95 Å². The average molecular weight is 412 g/mol. The molecule has 7 heteroatoms. The molecular weight excluding hydrogens is 406 g/mol. The van der Waals surface area contributed by atoms with E-state index < -0.39 is 0 Å². The van der Waals surface area contributed by atoms with E-state index in [-0.39, 0.29) is 5.75 Å². The third kappa shape index (κ3) is 4.15. The third-order valence-electron chi connectivity index (χ3n) is 1.42. The van der Waals surface area contributed by atoms with Gasteiger partial charge in [0.05, 0.1) is 16.9 Å². The smallest absolute Gasteiger partial charge is 0.130 e. The average Bonchev–Trinajstić information content (AvgIpc) is 2.35. The standard InChI is InChI=1S/C6H3Br3O.C3H3N3/c7-3-1-2-4(10)6(9)5(3)8;1-2-4-6-5-3-1/h1-2,10H;1-3H. The lowest BCUT2D eigenvalue weighted by Gasteiger charge is -2.00. The van der Waals surface area contributed by atoms with Crippen LogP contribution in [0.4, 0.5) is 0 Å². The summed E-state index contributed by atoms with van der Waals surface area (Å²) < 4.78 is 2.41. The molecule has 0 aliphatic heterocycles. The molecule has 1 heterocycles. The number of phenolic OH excluding ortho intramolecular Hbond substituents is 1. The van der Waals surface area contributed by atoms with Crippen LogP contribution in [0, 0.1) is 0 Å². The van der Waals surface area contributed by atoms with Crippen LogP contribution in [-0.2, 0) is 0 Å². The molecule has 0 spiro atoms. The second-order valence-corrected chi connectivity index (χ2v) is 4.95. The van der Waals surface area contributed by atoms with Gasteiger partial charge in [0.15, 0.2) is 0 Å². The molecule has 0 radical (unpaired) electrons. The maximum Gasteiger partial charge on any atom is 0.130 e. The van der Waals surface area contributed by atoms with Crippen LogP contribution >= 0.6 is 47.8 Å². The van der Waals surface area contributed by atoms with Crippen LogP contribution < -0.4 is 0 Å². The summed E-state index contributed by atoms with van der Waals surface area (Å²) in [6, 6.07) is 5.09. The molecule has 0 saturated carbocycles. The van der Waals surface area contributed by atoms with Crippen molar-refractivity contribution in [2.45, 2.75) is 0 Å². The predicted octanol–water partition coefficient (Wildman–Crippen LogP) is 3.55. The molecule has 0 amide bonds. The van der Waals surface area contributed by atoms with E-state index in [2.05, 4.69) is 63.2 Å². The number of aromatic hydroxyl groups is 1. The van der Waals surface area contributed by atoms with Gasteiger partial charge in [-0.2, -0.15) is 0 Å². The van der Waals surface area contributed by atoms with Crippen LogP contribution in [0.25, 0.3) is 0 Å². The minimum Gasteiger partial charge on any atom is -0.507 e. The summed E-state index contributed by atoms with van der Waals surface area (Å²) in [5.41, 5.74) is 0. The second kappa shape index (κ2) is 6.93. The van der Waals surface area contributed by atoms with Crippen molar-refractivity contribution < 1.29 is 5.11 Å². The Morgan fingerprint density at radius 1 is 0.938 bits per heavy atom.